The van der Waals surface area contributed by atoms with Crippen LogP contribution in [0.2, 0.25) is 5.02 Å². The van der Waals surface area contributed by atoms with Gasteiger partial charge in [-0.15, -0.1) is 0 Å². The van der Waals surface area contributed by atoms with E-state index >= 15 is 0 Å². The van der Waals surface area contributed by atoms with Gasteiger partial charge >= 0.3 is 5.97 Å². The van der Waals surface area contributed by atoms with Crippen molar-refractivity contribution in [3.63, 3.8) is 0 Å². The van der Waals surface area contributed by atoms with Gasteiger partial charge in [-0.05, 0) is 47.7 Å². The molecule has 2 aliphatic heterocycles. The van der Waals surface area contributed by atoms with Crippen LogP contribution in [0.1, 0.15) is 39.9 Å². The summed E-state index contributed by atoms with van der Waals surface area (Å²) in [5.41, 5.74) is 2.88. The van der Waals surface area contributed by atoms with Gasteiger partial charge in [0.25, 0.3) is 0 Å². The number of carbonyl (C=O) groups is 1. The first kappa shape index (κ1) is 15.6. The molecule has 0 saturated carbocycles. The minimum Gasteiger partial charge on any atom is -0.478 e. The maximum absolute atomic E-state index is 11.7. The Kier molecular flexibility index (Phi) is 3.40. The predicted octanol–water partition coefficient (Wildman–Crippen LogP) is 4.59. The van der Waals surface area contributed by atoms with Gasteiger partial charge in [-0.1, -0.05) is 29.8 Å². The van der Waals surface area contributed by atoms with Crippen molar-refractivity contribution in [2.45, 2.75) is 18.4 Å². The Balaban J connectivity index is 1.64. The number of halogens is 1. The van der Waals surface area contributed by atoms with Gasteiger partial charge in [0.2, 0.25) is 6.79 Å². The Morgan fingerprint density at radius 3 is 2.88 bits per heavy atom. The SMILES string of the molecule is O=C(O)c1ccc(Cl)c2c1C1C=CCC1[C@@H](c1ccc3c(c1)OCO3)N2. The zero-order valence-corrected chi connectivity index (χ0v) is 14.5. The summed E-state index contributed by atoms with van der Waals surface area (Å²) in [6.45, 7) is 0.237. The van der Waals surface area contributed by atoms with Gasteiger partial charge < -0.3 is 19.9 Å². The number of fused-ring (bicyclic) bond motifs is 4. The number of anilines is 1. The number of aromatic carboxylic acids is 1. The molecule has 3 atom stereocenters. The minimum absolute atomic E-state index is 0.0125. The molecule has 5 rings (SSSR count). The van der Waals surface area contributed by atoms with Crippen molar-refractivity contribution in [1.82, 2.24) is 0 Å². The van der Waals surface area contributed by atoms with Gasteiger partial charge in [-0.2, -0.15) is 0 Å². The first-order valence-corrected chi connectivity index (χ1v) is 8.89. The second kappa shape index (κ2) is 5.68. The number of nitrogens with one attached hydrogen (secondary N) is 1. The Hall–Kier alpha value is -2.66. The molecule has 0 fully saturated rings. The molecule has 0 amide bonds. The predicted molar refractivity (Wildman–Crippen MR) is 97.3 cm³/mol. The lowest BCUT2D eigenvalue weighted by Gasteiger charge is -2.38. The van der Waals surface area contributed by atoms with E-state index in [1.807, 2.05) is 18.2 Å². The molecule has 132 valence electrons. The Bertz CT molecular complexity index is 955. The van der Waals surface area contributed by atoms with Crippen molar-refractivity contribution in [3.05, 3.63) is 64.2 Å². The minimum atomic E-state index is -0.930. The van der Waals surface area contributed by atoms with Crippen LogP contribution in [0, 0.1) is 5.92 Å². The second-order valence-corrected chi connectivity index (χ2v) is 7.18. The van der Waals surface area contributed by atoms with Gasteiger partial charge in [0, 0.05) is 5.92 Å². The standard InChI is InChI=1S/C20H16ClNO4/c21-14-6-5-13(20(23)24)17-11-2-1-3-12(11)18(22-19(14)17)10-4-7-15-16(8-10)26-9-25-15/h1-2,4-8,11-12,18,22H,3,9H2,(H,23,24)/t11?,12?,18-/m1/s1. The first-order valence-electron chi connectivity index (χ1n) is 8.52. The average molecular weight is 370 g/mol. The van der Waals surface area contributed by atoms with E-state index in [1.54, 1.807) is 12.1 Å². The van der Waals surface area contributed by atoms with Crippen LogP contribution in [0.4, 0.5) is 5.69 Å². The van der Waals surface area contributed by atoms with E-state index in [9.17, 15) is 9.90 Å². The lowest BCUT2D eigenvalue weighted by Crippen LogP contribution is -2.30. The molecular weight excluding hydrogens is 354 g/mol. The van der Waals surface area contributed by atoms with E-state index in [0.29, 0.717) is 16.3 Å². The zero-order chi connectivity index (χ0) is 17.8. The largest absolute Gasteiger partial charge is 0.478 e. The zero-order valence-electron chi connectivity index (χ0n) is 13.7. The third-order valence-corrected chi connectivity index (χ3v) is 5.77. The fourth-order valence-electron chi connectivity index (χ4n) is 4.30. The summed E-state index contributed by atoms with van der Waals surface area (Å²) in [6.07, 6.45) is 5.10. The van der Waals surface area contributed by atoms with Gasteiger partial charge in [0.15, 0.2) is 11.5 Å². The summed E-state index contributed by atoms with van der Waals surface area (Å²) in [5, 5.41) is 13.7. The highest BCUT2D eigenvalue weighted by molar-refractivity contribution is 6.33. The molecule has 2 N–H and O–H groups in total. The molecule has 0 saturated heterocycles. The van der Waals surface area contributed by atoms with Gasteiger partial charge in [0.05, 0.1) is 22.3 Å². The van der Waals surface area contributed by atoms with E-state index in [4.69, 9.17) is 21.1 Å². The smallest absolute Gasteiger partial charge is 0.336 e. The highest BCUT2D eigenvalue weighted by Gasteiger charge is 2.41. The lowest BCUT2D eigenvalue weighted by atomic mass is 9.75. The molecule has 2 aromatic carbocycles. The molecule has 3 aliphatic rings. The molecule has 5 nitrogen and oxygen atoms in total. The number of carboxylic acid groups (broad SMARTS) is 1. The number of hydrogen-bond donors (Lipinski definition) is 2. The van der Waals surface area contributed by atoms with Gasteiger partial charge in [-0.25, -0.2) is 4.79 Å². The lowest BCUT2D eigenvalue weighted by molar-refractivity contribution is 0.0695. The molecule has 1 aliphatic carbocycles. The maximum Gasteiger partial charge on any atom is 0.336 e. The number of ether oxygens (including phenoxy) is 2. The Morgan fingerprint density at radius 2 is 2.04 bits per heavy atom. The molecule has 0 bridgehead atoms. The number of hydrogen-bond acceptors (Lipinski definition) is 4. The van der Waals surface area contributed by atoms with Crippen molar-refractivity contribution < 1.29 is 19.4 Å². The van der Waals surface area contributed by atoms with Crippen molar-refractivity contribution >= 4 is 23.3 Å². The van der Waals surface area contributed by atoms with Crippen molar-refractivity contribution in [2.75, 3.05) is 12.1 Å². The Morgan fingerprint density at radius 1 is 1.19 bits per heavy atom. The molecule has 2 aromatic rings. The van der Waals surface area contributed by atoms with E-state index in [2.05, 4.69) is 17.5 Å². The molecule has 6 heteroatoms. The van der Waals surface area contributed by atoms with Crippen LogP contribution in [0.25, 0.3) is 0 Å². The van der Waals surface area contributed by atoms with Crippen LogP contribution in [-0.4, -0.2) is 17.9 Å². The van der Waals surface area contributed by atoms with Gasteiger partial charge in [-0.3, -0.25) is 0 Å². The van der Waals surface area contributed by atoms with Crippen LogP contribution >= 0.6 is 11.6 Å². The highest BCUT2D eigenvalue weighted by Crippen LogP contribution is 2.53. The summed E-state index contributed by atoms with van der Waals surface area (Å²) in [6, 6.07) is 9.19. The third-order valence-electron chi connectivity index (χ3n) is 5.46. The van der Waals surface area contributed by atoms with Crippen molar-refractivity contribution in [1.29, 1.82) is 0 Å². The first-order chi connectivity index (χ1) is 12.6. The summed E-state index contributed by atoms with van der Waals surface area (Å²) in [7, 11) is 0. The molecule has 0 radical (unpaired) electrons. The molecule has 0 spiro atoms. The Labute approximate surface area is 155 Å². The summed E-state index contributed by atoms with van der Waals surface area (Å²) >= 11 is 6.43. The van der Waals surface area contributed by atoms with E-state index < -0.39 is 5.97 Å². The van der Waals surface area contributed by atoms with E-state index in [0.717, 1.165) is 29.0 Å². The fraction of sp³-hybridized carbons (Fsp3) is 0.250. The highest BCUT2D eigenvalue weighted by atomic mass is 35.5. The summed E-state index contributed by atoms with van der Waals surface area (Å²) < 4.78 is 10.9. The van der Waals surface area contributed by atoms with Crippen molar-refractivity contribution in [3.8, 4) is 11.5 Å². The molecule has 26 heavy (non-hydrogen) atoms. The maximum atomic E-state index is 11.7. The quantitative estimate of drug-likeness (QED) is 0.757. The van der Waals surface area contributed by atoms with E-state index in [1.165, 1.54) is 0 Å². The van der Waals surface area contributed by atoms with Gasteiger partial charge in [0.1, 0.15) is 0 Å². The molecule has 0 aromatic heterocycles. The molecular formula is C20H16ClNO4. The second-order valence-electron chi connectivity index (χ2n) is 6.78. The van der Waals surface area contributed by atoms with Crippen molar-refractivity contribution in [2.24, 2.45) is 5.92 Å². The number of rotatable bonds is 2. The number of carboxylic acids is 1. The third kappa shape index (κ3) is 2.20. The van der Waals surface area contributed by atoms with Crippen LogP contribution in [-0.2, 0) is 0 Å². The fourth-order valence-corrected chi connectivity index (χ4v) is 4.52. The van der Waals surface area contributed by atoms with Crippen LogP contribution in [0.15, 0.2) is 42.5 Å². The van der Waals surface area contributed by atoms with Crippen LogP contribution < -0.4 is 14.8 Å². The average Bonchev–Trinajstić information content (AvgIpc) is 3.29. The molecule has 2 heterocycles. The molecule has 2 unspecified atom stereocenters. The van der Waals surface area contributed by atoms with Crippen LogP contribution in [0.5, 0.6) is 11.5 Å². The number of allylic oxidation sites excluding steroid dienone is 2. The monoisotopic (exact) mass is 369 g/mol. The van der Waals surface area contributed by atoms with E-state index in [-0.39, 0.29) is 24.7 Å². The number of benzene rings is 2. The normalized spacial score (nSPS) is 24.7. The summed E-state index contributed by atoms with van der Waals surface area (Å²) in [4.78, 5) is 11.7. The van der Waals surface area contributed by atoms with Crippen LogP contribution in [0.3, 0.4) is 0 Å². The summed E-state index contributed by atoms with van der Waals surface area (Å²) in [5.74, 6) is 0.798. The topological polar surface area (TPSA) is 67.8 Å².